The van der Waals surface area contributed by atoms with Gasteiger partial charge in [0.15, 0.2) is 0 Å². The number of nitrogens with one attached hydrogen (secondary N) is 1. The van der Waals surface area contributed by atoms with Crippen LogP contribution in [0.3, 0.4) is 0 Å². The van der Waals surface area contributed by atoms with E-state index in [1.807, 2.05) is 0 Å². The van der Waals surface area contributed by atoms with Crippen LogP contribution in [-0.2, 0) is 14.3 Å². The van der Waals surface area contributed by atoms with Gasteiger partial charge in [-0.25, -0.2) is 0 Å². The summed E-state index contributed by atoms with van der Waals surface area (Å²) in [6.07, 6.45) is 97.4. The topological polar surface area (TPSA) is 95.9 Å². The predicted molar refractivity (Wildman–Crippen MR) is 384 cm³/mol. The third-order valence-corrected chi connectivity index (χ3v) is 19.3. The highest BCUT2D eigenvalue weighted by Crippen LogP contribution is 2.20. The van der Waals surface area contributed by atoms with Crippen molar-refractivity contribution in [2.75, 3.05) is 13.2 Å². The van der Waals surface area contributed by atoms with Gasteiger partial charge in [0.2, 0.25) is 5.91 Å². The molecule has 0 spiro atoms. The predicted octanol–water partition coefficient (Wildman–Crippen LogP) is 26.7. The molecule has 0 aromatic rings. The first-order chi connectivity index (χ1) is 43.0. The molecule has 0 radical (unpaired) electrons. The first kappa shape index (κ1) is 85.6. The standard InChI is InChI=1S/C81H159NO5/c1-3-5-7-9-11-13-15-17-19-20-21-22-34-37-40-43-46-49-53-57-61-65-69-73-79(84)78(77-83)82-80(85)74-70-66-62-58-54-50-47-44-41-38-35-32-30-28-26-24-23-25-27-29-31-33-36-39-42-45-48-52-56-60-64-68-72-76-87-81(86)75-71-67-63-59-55-51-18-16-14-12-10-8-6-4-2/h27,29,78-79,83-84H,3-26,28,30-77H2,1-2H3,(H,82,85)/b29-27-. The molecule has 0 aliphatic rings. The highest BCUT2D eigenvalue weighted by Gasteiger charge is 2.20. The zero-order chi connectivity index (χ0) is 62.8. The number of amides is 1. The Morgan fingerprint density at radius 3 is 0.816 bits per heavy atom. The maximum absolute atomic E-state index is 12.6. The van der Waals surface area contributed by atoms with Crippen LogP contribution in [0.1, 0.15) is 470 Å². The monoisotopic (exact) mass is 1230 g/mol. The molecule has 0 heterocycles. The lowest BCUT2D eigenvalue weighted by Crippen LogP contribution is -2.45. The highest BCUT2D eigenvalue weighted by atomic mass is 16.5. The van der Waals surface area contributed by atoms with E-state index >= 15 is 0 Å². The van der Waals surface area contributed by atoms with E-state index in [9.17, 15) is 19.8 Å². The average Bonchev–Trinajstić information content (AvgIpc) is 3.53. The molecule has 0 aromatic heterocycles. The van der Waals surface area contributed by atoms with E-state index in [0.717, 1.165) is 38.5 Å². The fourth-order valence-electron chi connectivity index (χ4n) is 13.2. The number of ether oxygens (including phenoxy) is 1. The molecule has 87 heavy (non-hydrogen) atoms. The summed E-state index contributed by atoms with van der Waals surface area (Å²) in [6.45, 7) is 5.01. The number of aliphatic hydroxyl groups excluding tert-OH is 2. The maximum Gasteiger partial charge on any atom is 0.305 e. The van der Waals surface area contributed by atoms with Crippen LogP contribution in [-0.4, -0.2) is 47.4 Å². The van der Waals surface area contributed by atoms with E-state index in [2.05, 4.69) is 31.3 Å². The van der Waals surface area contributed by atoms with Crippen LogP contribution in [0, 0.1) is 0 Å². The molecule has 2 atom stereocenters. The molecule has 2 unspecified atom stereocenters. The van der Waals surface area contributed by atoms with Crippen molar-refractivity contribution in [3.05, 3.63) is 12.2 Å². The second kappa shape index (κ2) is 77.1. The van der Waals surface area contributed by atoms with Crippen LogP contribution in [0.15, 0.2) is 12.2 Å². The van der Waals surface area contributed by atoms with Crippen molar-refractivity contribution in [1.29, 1.82) is 0 Å². The molecule has 3 N–H and O–H groups in total. The minimum atomic E-state index is -0.663. The van der Waals surface area contributed by atoms with Crippen molar-refractivity contribution in [3.63, 3.8) is 0 Å². The van der Waals surface area contributed by atoms with Gasteiger partial charge in [0.05, 0.1) is 25.4 Å². The van der Waals surface area contributed by atoms with Gasteiger partial charge < -0.3 is 20.3 Å². The van der Waals surface area contributed by atoms with Crippen LogP contribution >= 0.6 is 0 Å². The zero-order valence-corrected chi connectivity index (χ0v) is 59.5. The molecule has 1 amide bonds. The van der Waals surface area contributed by atoms with Gasteiger partial charge in [0, 0.05) is 12.8 Å². The number of aliphatic hydroxyl groups is 2. The summed E-state index contributed by atoms with van der Waals surface area (Å²) in [5.41, 5.74) is 0. The Balaban J connectivity index is 3.34. The van der Waals surface area contributed by atoms with Crippen molar-refractivity contribution in [1.82, 2.24) is 5.32 Å². The Morgan fingerprint density at radius 2 is 0.540 bits per heavy atom. The number of hydrogen-bond acceptors (Lipinski definition) is 5. The molecule has 6 heteroatoms. The third-order valence-electron chi connectivity index (χ3n) is 19.3. The second-order valence-corrected chi connectivity index (χ2v) is 28.1. The normalized spacial score (nSPS) is 12.5. The highest BCUT2D eigenvalue weighted by molar-refractivity contribution is 5.76. The van der Waals surface area contributed by atoms with E-state index in [1.54, 1.807) is 0 Å². The summed E-state index contributed by atoms with van der Waals surface area (Å²) in [7, 11) is 0. The number of unbranched alkanes of at least 4 members (excludes halogenated alkanes) is 64. The molecule has 518 valence electrons. The second-order valence-electron chi connectivity index (χ2n) is 28.1. The zero-order valence-electron chi connectivity index (χ0n) is 59.5. The molecule has 6 nitrogen and oxygen atoms in total. The SMILES string of the molecule is CCCCCCCCCCCCCCCCCCCCCCCCCC(O)C(CO)NC(=O)CCCCCCCCCCCCCCCCCCC/C=C\CCCCCCCCCCCCCCOC(=O)CCCCCCCCCCCCCCCC. The molecule has 0 saturated heterocycles. The summed E-state index contributed by atoms with van der Waals surface area (Å²) in [6, 6.07) is -0.540. The summed E-state index contributed by atoms with van der Waals surface area (Å²) < 4.78 is 5.50. The number of hydrogen-bond donors (Lipinski definition) is 3. The Morgan fingerprint density at radius 1 is 0.310 bits per heavy atom. The molecular weight excluding hydrogens is 1070 g/mol. The number of carbonyl (C=O) groups is 2. The Hall–Kier alpha value is -1.40. The maximum atomic E-state index is 12.6. The van der Waals surface area contributed by atoms with Gasteiger partial charge in [0.25, 0.3) is 0 Å². The number of allylic oxidation sites excluding steroid dienone is 2. The number of rotatable bonds is 77. The minimum Gasteiger partial charge on any atom is -0.466 e. The molecule has 0 fully saturated rings. The summed E-state index contributed by atoms with van der Waals surface area (Å²) in [5.74, 6) is -0.00345. The lowest BCUT2D eigenvalue weighted by atomic mass is 10.0. The third kappa shape index (κ3) is 73.5. The Kier molecular flexibility index (Phi) is 75.8. The summed E-state index contributed by atoms with van der Waals surface area (Å²) in [4.78, 5) is 24.7. The van der Waals surface area contributed by atoms with Crippen molar-refractivity contribution in [2.24, 2.45) is 0 Å². The van der Waals surface area contributed by atoms with E-state index in [0.29, 0.717) is 25.9 Å². The van der Waals surface area contributed by atoms with Gasteiger partial charge in [-0.05, 0) is 51.4 Å². The van der Waals surface area contributed by atoms with E-state index in [1.165, 1.54) is 398 Å². The Bertz CT molecular complexity index is 1320. The smallest absolute Gasteiger partial charge is 0.305 e. The lowest BCUT2D eigenvalue weighted by molar-refractivity contribution is -0.143. The van der Waals surface area contributed by atoms with Gasteiger partial charge in [-0.3, -0.25) is 9.59 Å². The van der Waals surface area contributed by atoms with Crippen molar-refractivity contribution < 1.29 is 24.5 Å². The molecular formula is C81H159NO5. The van der Waals surface area contributed by atoms with Gasteiger partial charge in [-0.2, -0.15) is 0 Å². The summed E-state index contributed by atoms with van der Waals surface area (Å²) >= 11 is 0. The van der Waals surface area contributed by atoms with Crippen LogP contribution in [0.4, 0.5) is 0 Å². The van der Waals surface area contributed by atoms with Crippen LogP contribution in [0.5, 0.6) is 0 Å². The molecule has 0 rings (SSSR count). The van der Waals surface area contributed by atoms with Crippen molar-refractivity contribution in [2.45, 2.75) is 482 Å². The Labute approximate surface area is 546 Å². The van der Waals surface area contributed by atoms with E-state index in [4.69, 9.17) is 4.74 Å². The van der Waals surface area contributed by atoms with E-state index < -0.39 is 12.1 Å². The first-order valence-electron chi connectivity index (χ1n) is 40.4. The van der Waals surface area contributed by atoms with Gasteiger partial charge in [0.1, 0.15) is 0 Å². The largest absolute Gasteiger partial charge is 0.466 e. The fraction of sp³-hybridized carbons (Fsp3) is 0.951. The number of esters is 1. The van der Waals surface area contributed by atoms with Crippen molar-refractivity contribution in [3.8, 4) is 0 Å². The quantitative estimate of drug-likeness (QED) is 0.0320. The first-order valence-corrected chi connectivity index (χ1v) is 40.4. The van der Waals surface area contributed by atoms with Gasteiger partial charge >= 0.3 is 5.97 Å². The average molecular weight is 1230 g/mol. The molecule has 0 bridgehead atoms. The number of carbonyl (C=O) groups excluding carboxylic acids is 2. The minimum absolute atomic E-state index is 0.0223. The lowest BCUT2D eigenvalue weighted by Gasteiger charge is -2.22. The van der Waals surface area contributed by atoms with Crippen LogP contribution in [0.2, 0.25) is 0 Å². The molecule has 0 aliphatic carbocycles. The van der Waals surface area contributed by atoms with Gasteiger partial charge in [-0.1, -0.05) is 418 Å². The molecule has 0 aliphatic heterocycles. The van der Waals surface area contributed by atoms with Crippen LogP contribution in [0.25, 0.3) is 0 Å². The fourth-order valence-corrected chi connectivity index (χ4v) is 13.2. The summed E-state index contributed by atoms with van der Waals surface area (Å²) in [5, 5.41) is 23.5. The van der Waals surface area contributed by atoms with Crippen LogP contribution < -0.4 is 5.32 Å². The molecule has 0 saturated carbocycles. The molecule has 0 aromatic carbocycles. The van der Waals surface area contributed by atoms with Crippen molar-refractivity contribution >= 4 is 11.9 Å². The van der Waals surface area contributed by atoms with E-state index in [-0.39, 0.29) is 18.5 Å². The van der Waals surface area contributed by atoms with Gasteiger partial charge in [-0.15, -0.1) is 0 Å².